The van der Waals surface area contributed by atoms with Gasteiger partial charge in [0.05, 0.1) is 5.69 Å². The van der Waals surface area contributed by atoms with E-state index in [4.69, 9.17) is 5.11 Å². The van der Waals surface area contributed by atoms with E-state index in [1.165, 1.54) is 4.90 Å². The number of aromatic nitrogens is 1. The van der Waals surface area contributed by atoms with Crippen molar-refractivity contribution < 1.29 is 5.11 Å². The van der Waals surface area contributed by atoms with Gasteiger partial charge in [-0.25, -0.2) is 4.98 Å². The molecule has 0 aliphatic carbocycles. The van der Waals surface area contributed by atoms with Crippen molar-refractivity contribution in [1.82, 2.24) is 4.98 Å². The predicted molar refractivity (Wildman–Crippen MR) is 70.1 cm³/mol. The standard InChI is InChI=1S/C12H13NOS2/c1-15-11-4-2-9(3-5-11)12-13-10(6-7-14)8-16-12/h2-5,8,14H,6-7H2,1H3. The van der Waals surface area contributed by atoms with Crippen LogP contribution in [0.2, 0.25) is 0 Å². The summed E-state index contributed by atoms with van der Waals surface area (Å²) in [6.45, 7) is 0.161. The fourth-order valence-corrected chi connectivity index (χ4v) is 2.67. The average Bonchev–Trinajstić information content (AvgIpc) is 2.78. The van der Waals surface area contributed by atoms with Crippen molar-refractivity contribution in [2.75, 3.05) is 12.9 Å². The summed E-state index contributed by atoms with van der Waals surface area (Å²) in [4.78, 5) is 5.74. The van der Waals surface area contributed by atoms with Crippen LogP contribution >= 0.6 is 23.1 Å². The molecule has 0 aliphatic heterocycles. The minimum atomic E-state index is 0.161. The van der Waals surface area contributed by atoms with Crippen LogP contribution in [0.1, 0.15) is 5.69 Å². The second kappa shape index (κ2) is 5.48. The minimum absolute atomic E-state index is 0.161. The number of rotatable bonds is 4. The lowest BCUT2D eigenvalue weighted by molar-refractivity contribution is 0.298. The number of benzene rings is 1. The Bertz CT molecular complexity index is 450. The Balaban J connectivity index is 2.21. The zero-order chi connectivity index (χ0) is 11.4. The molecule has 0 spiro atoms. The molecule has 0 radical (unpaired) electrons. The summed E-state index contributed by atoms with van der Waals surface area (Å²) in [5, 5.41) is 11.9. The van der Waals surface area contributed by atoms with Crippen molar-refractivity contribution in [3.8, 4) is 10.6 Å². The average molecular weight is 251 g/mol. The Morgan fingerprint density at radius 3 is 2.69 bits per heavy atom. The van der Waals surface area contributed by atoms with Crippen LogP contribution in [0.5, 0.6) is 0 Å². The van der Waals surface area contributed by atoms with Crippen LogP contribution in [0.4, 0.5) is 0 Å². The van der Waals surface area contributed by atoms with Crippen molar-refractivity contribution >= 4 is 23.1 Å². The summed E-state index contributed by atoms with van der Waals surface area (Å²) < 4.78 is 0. The van der Waals surface area contributed by atoms with Crippen LogP contribution in [0.3, 0.4) is 0 Å². The molecule has 2 aromatic rings. The first kappa shape index (κ1) is 11.6. The maximum atomic E-state index is 8.83. The van der Waals surface area contributed by atoms with E-state index in [2.05, 4.69) is 35.5 Å². The molecule has 0 unspecified atom stereocenters. The normalized spacial score (nSPS) is 10.6. The lowest BCUT2D eigenvalue weighted by atomic mass is 10.2. The topological polar surface area (TPSA) is 33.1 Å². The maximum Gasteiger partial charge on any atom is 0.123 e. The third-order valence-electron chi connectivity index (χ3n) is 2.26. The van der Waals surface area contributed by atoms with Gasteiger partial charge in [-0.05, 0) is 18.4 Å². The van der Waals surface area contributed by atoms with E-state index >= 15 is 0 Å². The number of thiazole rings is 1. The Morgan fingerprint density at radius 2 is 2.06 bits per heavy atom. The smallest absolute Gasteiger partial charge is 0.123 e. The largest absolute Gasteiger partial charge is 0.396 e. The second-order valence-corrected chi connectivity index (χ2v) is 5.08. The highest BCUT2D eigenvalue weighted by Crippen LogP contribution is 2.26. The molecule has 2 nitrogen and oxygen atoms in total. The van der Waals surface area contributed by atoms with E-state index in [-0.39, 0.29) is 6.61 Å². The van der Waals surface area contributed by atoms with E-state index in [0.29, 0.717) is 6.42 Å². The van der Waals surface area contributed by atoms with E-state index in [9.17, 15) is 0 Å². The zero-order valence-electron chi connectivity index (χ0n) is 9.01. The van der Waals surface area contributed by atoms with Crippen LogP contribution in [0, 0.1) is 0 Å². The molecule has 0 atom stereocenters. The molecule has 84 valence electrons. The second-order valence-electron chi connectivity index (χ2n) is 3.35. The molecule has 1 heterocycles. The Morgan fingerprint density at radius 1 is 1.31 bits per heavy atom. The Kier molecular flexibility index (Phi) is 3.98. The van der Waals surface area contributed by atoms with Crippen LogP contribution in [-0.4, -0.2) is 23.0 Å². The molecule has 0 aliphatic rings. The van der Waals surface area contributed by atoms with Crippen molar-refractivity contribution in [2.24, 2.45) is 0 Å². The van der Waals surface area contributed by atoms with Crippen LogP contribution in [0.15, 0.2) is 34.5 Å². The van der Waals surface area contributed by atoms with Crippen LogP contribution in [0.25, 0.3) is 10.6 Å². The fourth-order valence-electron chi connectivity index (χ4n) is 1.40. The number of thioether (sulfide) groups is 1. The third kappa shape index (κ3) is 2.64. The van der Waals surface area contributed by atoms with Gasteiger partial charge in [-0.15, -0.1) is 23.1 Å². The number of nitrogens with zero attached hydrogens (tertiary/aromatic N) is 1. The Hall–Kier alpha value is -0.840. The van der Waals surface area contributed by atoms with E-state index in [1.54, 1.807) is 23.1 Å². The van der Waals surface area contributed by atoms with Crippen molar-refractivity contribution in [1.29, 1.82) is 0 Å². The fraction of sp³-hybridized carbons (Fsp3) is 0.250. The van der Waals surface area contributed by atoms with Crippen LogP contribution in [-0.2, 0) is 6.42 Å². The quantitative estimate of drug-likeness (QED) is 0.848. The first-order chi connectivity index (χ1) is 7.83. The number of aliphatic hydroxyl groups is 1. The number of hydrogen-bond donors (Lipinski definition) is 1. The summed E-state index contributed by atoms with van der Waals surface area (Å²) in [5.41, 5.74) is 2.11. The summed E-state index contributed by atoms with van der Waals surface area (Å²) in [6.07, 6.45) is 2.71. The predicted octanol–water partition coefficient (Wildman–Crippen LogP) is 3.07. The first-order valence-corrected chi connectivity index (χ1v) is 7.13. The van der Waals surface area contributed by atoms with Gasteiger partial charge in [0.1, 0.15) is 5.01 Å². The summed E-state index contributed by atoms with van der Waals surface area (Å²) >= 11 is 3.36. The van der Waals surface area contributed by atoms with Crippen molar-refractivity contribution in [2.45, 2.75) is 11.3 Å². The van der Waals surface area contributed by atoms with Gasteiger partial charge in [-0.3, -0.25) is 0 Å². The highest BCUT2D eigenvalue weighted by Gasteiger charge is 2.04. The van der Waals surface area contributed by atoms with Crippen LogP contribution < -0.4 is 0 Å². The molecule has 0 fully saturated rings. The summed E-state index contributed by atoms with van der Waals surface area (Å²) in [7, 11) is 0. The zero-order valence-corrected chi connectivity index (χ0v) is 10.6. The minimum Gasteiger partial charge on any atom is -0.396 e. The van der Waals surface area contributed by atoms with Crippen molar-refractivity contribution in [3.63, 3.8) is 0 Å². The van der Waals surface area contributed by atoms with Gasteiger partial charge in [-0.2, -0.15) is 0 Å². The Labute approximate surface area is 103 Å². The molecule has 4 heteroatoms. The SMILES string of the molecule is CSc1ccc(-c2nc(CCO)cs2)cc1. The molecule has 1 N–H and O–H groups in total. The van der Waals surface area contributed by atoms with Gasteiger partial charge in [0.25, 0.3) is 0 Å². The first-order valence-electron chi connectivity index (χ1n) is 5.03. The third-order valence-corrected chi connectivity index (χ3v) is 3.94. The molecule has 0 saturated heterocycles. The van der Waals surface area contributed by atoms with E-state index in [1.807, 2.05) is 5.38 Å². The maximum absolute atomic E-state index is 8.83. The molecule has 2 rings (SSSR count). The molecule has 0 saturated carbocycles. The van der Waals surface area contributed by atoms with Gasteiger partial charge < -0.3 is 5.11 Å². The van der Waals surface area contributed by atoms with Gasteiger partial charge in [0.15, 0.2) is 0 Å². The van der Waals surface area contributed by atoms with Gasteiger partial charge in [0.2, 0.25) is 0 Å². The van der Waals surface area contributed by atoms with E-state index < -0.39 is 0 Å². The lowest BCUT2D eigenvalue weighted by Gasteiger charge is -1.98. The molecule has 0 amide bonds. The summed E-state index contributed by atoms with van der Waals surface area (Å²) in [6, 6.07) is 8.39. The van der Waals surface area contributed by atoms with E-state index in [0.717, 1.165) is 16.3 Å². The molecule has 16 heavy (non-hydrogen) atoms. The lowest BCUT2D eigenvalue weighted by Crippen LogP contribution is -1.90. The molecule has 1 aromatic heterocycles. The number of hydrogen-bond acceptors (Lipinski definition) is 4. The monoisotopic (exact) mass is 251 g/mol. The molecule has 1 aromatic carbocycles. The van der Waals surface area contributed by atoms with Gasteiger partial charge >= 0.3 is 0 Å². The van der Waals surface area contributed by atoms with Gasteiger partial charge in [0, 0.05) is 28.9 Å². The molecular weight excluding hydrogens is 238 g/mol. The summed E-state index contributed by atoms with van der Waals surface area (Å²) in [5.74, 6) is 0. The molecular formula is C12H13NOS2. The highest BCUT2D eigenvalue weighted by atomic mass is 32.2. The number of aliphatic hydroxyl groups excluding tert-OH is 1. The highest BCUT2D eigenvalue weighted by molar-refractivity contribution is 7.98. The van der Waals surface area contributed by atoms with Gasteiger partial charge in [-0.1, -0.05) is 12.1 Å². The molecule has 0 bridgehead atoms. The van der Waals surface area contributed by atoms with Crippen molar-refractivity contribution in [3.05, 3.63) is 35.3 Å².